The van der Waals surface area contributed by atoms with Crippen LogP contribution in [-0.2, 0) is 5.60 Å². The minimum Gasteiger partial charge on any atom is -0.508 e. The first kappa shape index (κ1) is 14.4. The zero-order chi connectivity index (χ0) is 15.3. The van der Waals surface area contributed by atoms with Gasteiger partial charge in [-0.15, -0.1) is 6.42 Å². The maximum absolute atomic E-state index is 11.0. The Morgan fingerprint density at radius 1 is 1.14 bits per heavy atom. The van der Waals surface area contributed by atoms with E-state index in [9.17, 15) is 15.3 Å². The number of hydrogen-bond donors (Lipinski definition) is 3. The first-order valence-corrected chi connectivity index (χ1v) is 7.55. The van der Waals surface area contributed by atoms with Crippen molar-refractivity contribution in [2.24, 2.45) is 11.3 Å². The molecule has 21 heavy (non-hydrogen) atoms. The Morgan fingerprint density at radius 3 is 2.43 bits per heavy atom. The van der Waals surface area contributed by atoms with E-state index in [-0.39, 0.29) is 17.1 Å². The quantitative estimate of drug-likeness (QED) is 0.695. The zero-order valence-electron chi connectivity index (χ0n) is 12.3. The molecule has 2 saturated carbocycles. The molecule has 3 rings (SSSR count). The predicted octanol–water partition coefficient (Wildman–Crippen LogP) is 2.54. The van der Waals surface area contributed by atoms with Crippen molar-refractivity contribution < 1.29 is 15.3 Å². The van der Waals surface area contributed by atoms with Crippen molar-refractivity contribution in [3.05, 3.63) is 29.8 Å². The van der Waals surface area contributed by atoms with Crippen molar-refractivity contribution in [2.45, 2.75) is 50.2 Å². The van der Waals surface area contributed by atoms with E-state index in [0.29, 0.717) is 25.7 Å². The third-order valence-corrected chi connectivity index (χ3v) is 5.99. The molecule has 3 heteroatoms. The van der Waals surface area contributed by atoms with E-state index < -0.39 is 11.2 Å². The molecule has 0 heterocycles. The molecule has 0 spiro atoms. The Labute approximate surface area is 125 Å². The molecule has 2 fully saturated rings. The Kier molecular flexibility index (Phi) is 3.09. The fourth-order valence-corrected chi connectivity index (χ4v) is 4.31. The number of aliphatic hydroxyl groups is 2. The van der Waals surface area contributed by atoms with Crippen LogP contribution in [0.4, 0.5) is 0 Å². The Balaban J connectivity index is 1.90. The molecule has 0 aromatic heterocycles. The topological polar surface area (TPSA) is 60.7 Å². The minimum atomic E-state index is -1.05. The highest BCUT2D eigenvalue weighted by Crippen LogP contribution is 2.60. The van der Waals surface area contributed by atoms with E-state index in [1.807, 2.05) is 0 Å². The molecule has 0 saturated heterocycles. The summed E-state index contributed by atoms with van der Waals surface area (Å²) in [6.07, 6.45) is 8.91. The summed E-state index contributed by atoms with van der Waals surface area (Å²) in [5.41, 5.74) is -1.42. The lowest BCUT2D eigenvalue weighted by molar-refractivity contribution is -0.106. The molecule has 2 aliphatic rings. The Bertz CT molecular complexity index is 587. The van der Waals surface area contributed by atoms with Crippen molar-refractivity contribution in [1.82, 2.24) is 0 Å². The molecule has 1 aromatic carbocycles. The maximum Gasteiger partial charge on any atom is 0.130 e. The molecule has 0 aliphatic heterocycles. The average molecular weight is 286 g/mol. The van der Waals surface area contributed by atoms with E-state index in [4.69, 9.17) is 6.42 Å². The van der Waals surface area contributed by atoms with Crippen molar-refractivity contribution in [3.63, 3.8) is 0 Å². The first-order valence-electron chi connectivity index (χ1n) is 7.55. The second-order valence-electron chi connectivity index (χ2n) is 6.94. The fraction of sp³-hybridized carbons (Fsp3) is 0.556. The highest BCUT2D eigenvalue weighted by molar-refractivity contribution is 5.32. The highest BCUT2D eigenvalue weighted by atomic mass is 16.3. The van der Waals surface area contributed by atoms with Gasteiger partial charge >= 0.3 is 0 Å². The van der Waals surface area contributed by atoms with Gasteiger partial charge in [-0.25, -0.2) is 0 Å². The van der Waals surface area contributed by atoms with Crippen molar-refractivity contribution in [1.29, 1.82) is 0 Å². The Morgan fingerprint density at radius 2 is 1.81 bits per heavy atom. The molecule has 4 atom stereocenters. The van der Waals surface area contributed by atoms with Crippen LogP contribution in [0.3, 0.4) is 0 Å². The molecule has 112 valence electrons. The normalized spacial score (nSPS) is 42.3. The van der Waals surface area contributed by atoms with Crippen molar-refractivity contribution >= 4 is 0 Å². The summed E-state index contributed by atoms with van der Waals surface area (Å²) < 4.78 is 0. The van der Waals surface area contributed by atoms with Gasteiger partial charge in [0, 0.05) is 5.41 Å². The largest absolute Gasteiger partial charge is 0.508 e. The van der Waals surface area contributed by atoms with Crippen LogP contribution in [0.1, 0.15) is 44.6 Å². The molecule has 0 amide bonds. The van der Waals surface area contributed by atoms with Gasteiger partial charge in [-0.3, -0.25) is 0 Å². The summed E-state index contributed by atoms with van der Waals surface area (Å²) in [6, 6.07) is 6.77. The van der Waals surface area contributed by atoms with Gasteiger partial charge in [-0.2, -0.15) is 0 Å². The molecule has 3 nitrogen and oxygen atoms in total. The smallest absolute Gasteiger partial charge is 0.130 e. The summed E-state index contributed by atoms with van der Waals surface area (Å²) in [5.74, 6) is 3.01. The third-order valence-electron chi connectivity index (χ3n) is 5.99. The average Bonchev–Trinajstić information content (AvgIpc) is 2.73. The lowest BCUT2D eigenvalue weighted by Gasteiger charge is -2.49. The second kappa shape index (κ2) is 4.50. The lowest BCUT2D eigenvalue weighted by Crippen LogP contribution is -2.49. The summed E-state index contributed by atoms with van der Waals surface area (Å²) in [4.78, 5) is 0. The Hall–Kier alpha value is -1.50. The van der Waals surface area contributed by atoms with Gasteiger partial charge in [0.15, 0.2) is 0 Å². The molecule has 0 bridgehead atoms. The number of terminal acetylenes is 1. The maximum atomic E-state index is 11.0. The van der Waals surface area contributed by atoms with Crippen LogP contribution in [-0.4, -0.2) is 20.9 Å². The van der Waals surface area contributed by atoms with Crippen LogP contribution >= 0.6 is 0 Å². The molecule has 2 aliphatic carbocycles. The van der Waals surface area contributed by atoms with E-state index in [1.54, 1.807) is 24.3 Å². The van der Waals surface area contributed by atoms with E-state index in [2.05, 4.69) is 12.8 Å². The number of benzene rings is 1. The van der Waals surface area contributed by atoms with Crippen molar-refractivity contribution in [2.75, 3.05) is 0 Å². The fourth-order valence-electron chi connectivity index (χ4n) is 4.31. The SMILES string of the molecule is C#C[C@]1(O)CCC2C[C@@](O)(c3ccc(O)cc3)CC[C@@]21C. The van der Waals surface area contributed by atoms with Crippen LogP contribution in [0.15, 0.2) is 24.3 Å². The summed E-state index contributed by atoms with van der Waals surface area (Å²) >= 11 is 0. The van der Waals surface area contributed by atoms with Crippen molar-refractivity contribution in [3.8, 4) is 18.1 Å². The summed E-state index contributed by atoms with van der Waals surface area (Å²) in [6.45, 7) is 2.06. The van der Waals surface area contributed by atoms with Crippen LogP contribution in [0.25, 0.3) is 0 Å². The number of rotatable bonds is 1. The molecular weight excluding hydrogens is 264 g/mol. The van der Waals surface area contributed by atoms with Gasteiger partial charge in [0.25, 0.3) is 0 Å². The van der Waals surface area contributed by atoms with Gasteiger partial charge in [0.2, 0.25) is 0 Å². The molecule has 0 radical (unpaired) electrons. The first-order chi connectivity index (χ1) is 9.83. The number of phenolic OH excluding ortho intramolecular Hbond substituents is 1. The molecule has 1 aromatic rings. The van der Waals surface area contributed by atoms with Crippen LogP contribution in [0.2, 0.25) is 0 Å². The third kappa shape index (κ3) is 1.97. The number of aromatic hydroxyl groups is 1. The minimum absolute atomic E-state index is 0.200. The summed E-state index contributed by atoms with van der Waals surface area (Å²) in [5, 5.41) is 31.1. The monoisotopic (exact) mass is 286 g/mol. The highest BCUT2D eigenvalue weighted by Gasteiger charge is 2.60. The van der Waals surface area contributed by atoms with Crippen LogP contribution < -0.4 is 0 Å². The predicted molar refractivity (Wildman–Crippen MR) is 80.5 cm³/mol. The van der Waals surface area contributed by atoms with Gasteiger partial charge in [0.1, 0.15) is 11.4 Å². The van der Waals surface area contributed by atoms with Crippen LogP contribution in [0, 0.1) is 23.7 Å². The second-order valence-corrected chi connectivity index (χ2v) is 6.94. The number of fused-ring (bicyclic) bond motifs is 1. The van der Waals surface area contributed by atoms with Gasteiger partial charge in [-0.05, 0) is 55.7 Å². The molecule has 3 N–H and O–H groups in total. The number of hydrogen-bond acceptors (Lipinski definition) is 3. The molecular formula is C18H22O3. The van der Waals surface area contributed by atoms with Crippen LogP contribution in [0.5, 0.6) is 5.75 Å². The van der Waals surface area contributed by atoms with Gasteiger partial charge in [-0.1, -0.05) is 25.0 Å². The number of phenols is 1. The standard InChI is InChI=1S/C18H22O3/c1-3-18(21)9-8-14-12-17(20,11-10-16(14,18)2)13-4-6-15(19)7-5-13/h1,4-7,14,19-21H,8-12H2,2H3/t14?,16-,17+,18-/m0/s1. The molecule has 1 unspecified atom stereocenters. The van der Waals surface area contributed by atoms with Gasteiger partial charge < -0.3 is 15.3 Å². The van der Waals surface area contributed by atoms with E-state index in [1.165, 1.54) is 0 Å². The van der Waals surface area contributed by atoms with E-state index in [0.717, 1.165) is 12.0 Å². The lowest BCUT2D eigenvalue weighted by atomic mass is 9.59. The zero-order valence-corrected chi connectivity index (χ0v) is 12.3. The van der Waals surface area contributed by atoms with E-state index >= 15 is 0 Å². The summed E-state index contributed by atoms with van der Waals surface area (Å²) in [7, 11) is 0. The van der Waals surface area contributed by atoms with Gasteiger partial charge in [0.05, 0.1) is 5.60 Å².